The van der Waals surface area contributed by atoms with Crippen LogP contribution in [0, 0.1) is 12.7 Å². The molecule has 3 rings (SSSR count). The molecule has 0 saturated heterocycles. The molecule has 1 aliphatic heterocycles. The smallest absolute Gasteiger partial charge is 0.123 e. The Morgan fingerprint density at radius 2 is 2.10 bits per heavy atom. The van der Waals surface area contributed by atoms with Crippen LogP contribution in [0.25, 0.3) is 5.57 Å². The lowest BCUT2D eigenvalue weighted by Crippen LogP contribution is -2.28. The first-order valence-corrected chi connectivity index (χ1v) is 6.88. The molecule has 1 N–H and O–H groups in total. The quantitative estimate of drug-likeness (QED) is 0.930. The van der Waals surface area contributed by atoms with Crippen LogP contribution in [0.5, 0.6) is 0 Å². The summed E-state index contributed by atoms with van der Waals surface area (Å²) in [5.74, 6) is -0.180. The molecule has 2 heterocycles. The van der Waals surface area contributed by atoms with Gasteiger partial charge in [-0.15, -0.1) is 0 Å². The molecule has 1 aromatic heterocycles. The molecule has 0 atom stereocenters. The van der Waals surface area contributed by atoms with Gasteiger partial charge in [-0.2, -0.15) is 0 Å². The van der Waals surface area contributed by atoms with Gasteiger partial charge in [0.1, 0.15) is 5.82 Å². The number of benzene rings is 1. The molecule has 0 unspecified atom stereocenters. The summed E-state index contributed by atoms with van der Waals surface area (Å²) in [6.45, 7) is 4.85. The minimum atomic E-state index is -0.180. The molecule has 2 aromatic rings. The van der Waals surface area contributed by atoms with E-state index in [1.54, 1.807) is 6.33 Å². The Morgan fingerprint density at radius 3 is 2.70 bits per heavy atom. The molecule has 0 bridgehead atoms. The highest BCUT2D eigenvalue weighted by Crippen LogP contribution is 2.23. The summed E-state index contributed by atoms with van der Waals surface area (Å²) in [5, 5.41) is 0. The second kappa shape index (κ2) is 5.59. The van der Waals surface area contributed by atoms with Gasteiger partial charge in [0.15, 0.2) is 0 Å². The number of imidazole rings is 1. The Hall–Kier alpha value is -1.94. The number of hydrogen-bond acceptors (Lipinski definition) is 2. The fourth-order valence-electron chi connectivity index (χ4n) is 2.54. The number of nitrogens with zero attached hydrogens (tertiary/aromatic N) is 2. The molecule has 4 heteroatoms. The molecule has 0 amide bonds. The number of aromatic amines is 1. The lowest BCUT2D eigenvalue weighted by Gasteiger charge is -2.26. The van der Waals surface area contributed by atoms with Crippen LogP contribution in [0.1, 0.15) is 23.4 Å². The van der Waals surface area contributed by atoms with Gasteiger partial charge in [-0.25, -0.2) is 9.37 Å². The zero-order valence-corrected chi connectivity index (χ0v) is 11.6. The fourth-order valence-corrected chi connectivity index (χ4v) is 2.54. The second-order valence-electron chi connectivity index (χ2n) is 5.20. The number of H-pyrrole nitrogens is 1. The van der Waals surface area contributed by atoms with E-state index in [-0.39, 0.29) is 5.82 Å². The number of rotatable bonds is 3. The molecule has 1 aromatic carbocycles. The molecule has 0 saturated carbocycles. The van der Waals surface area contributed by atoms with E-state index in [0.29, 0.717) is 0 Å². The van der Waals surface area contributed by atoms with Gasteiger partial charge < -0.3 is 4.98 Å². The van der Waals surface area contributed by atoms with Crippen molar-refractivity contribution in [3.05, 3.63) is 59.4 Å². The average Bonchev–Trinajstić information content (AvgIpc) is 2.86. The Morgan fingerprint density at radius 1 is 1.30 bits per heavy atom. The van der Waals surface area contributed by atoms with E-state index >= 15 is 0 Å². The zero-order chi connectivity index (χ0) is 13.9. The molecule has 0 fully saturated rings. The van der Waals surface area contributed by atoms with Crippen LogP contribution in [0.4, 0.5) is 4.39 Å². The van der Waals surface area contributed by atoms with Crippen molar-refractivity contribution in [3.63, 3.8) is 0 Å². The van der Waals surface area contributed by atoms with Crippen molar-refractivity contribution in [2.75, 3.05) is 13.1 Å². The summed E-state index contributed by atoms with van der Waals surface area (Å²) in [6.07, 6.45) is 4.97. The molecular weight excluding hydrogens is 253 g/mol. The van der Waals surface area contributed by atoms with Gasteiger partial charge in [0, 0.05) is 25.3 Å². The second-order valence-corrected chi connectivity index (χ2v) is 5.20. The first kappa shape index (κ1) is 13.1. The maximum Gasteiger partial charge on any atom is 0.123 e. The van der Waals surface area contributed by atoms with Crippen LogP contribution in [0.2, 0.25) is 0 Å². The van der Waals surface area contributed by atoms with E-state index in [2.05, 4.69) is 20.9 Å². The number of aryl methyl sites for hydroxylation is 1. The van der Waals surface area contributed by atoms with Crippen molar-refractivity contribution < 1.29 is 4.39 Å². The summed E-state index contributed by atoms with van der Waals surface area (Å²) in [6, 6.07) is 6.76. The highest BCUT2D eigenvalue weighted by Gasteiger charge is 2.14. The third-order valence-electron chi connectivity index (χ3n) is 3.82. The SMILES string of the molecule is Cc1[nH]cnc1CN1CC=C(c2ccc(F)cc2)CC1. The van der Waals surface area contributed by atoms with E-state index in [1.807, 2.05) is 19.1 Å². The monoisotopic (exact) mass is 271 g/mol. The minimum absolute atomic E-state index is 0.180. The summed E-state index contributed by atoms with van der Waals surface area (Å²) < 4.78 is 12.9. The molecular formula is C16H18FN3. The minimum Gasteiger partial charge on any atom is -0.348 e. The van der Waals surface area contributed by atoms with Gasteiger partial charge in [0.25, 0.3) is 0 Å². The van der Waals surface area contributed by atoms with Crippen LogP contribution >= 0.6 is 0 Å². The summed E-state index contributed by atoms with van der Waals surface area (Å²) in [5.41, 5.74) is 4.68. The number of halogens is 1. The largest absolute Gasteiger partial charge is 0.348 e. The van der Waals surface area contributed by atoms with Gasteiger partial charge in [-0.05, 0) is 36.6 Å². The molecule has 0 radical (unpaired) electrons. The summed E-state index contributed by atoms with van der Waals surface area (Å²) in [7, 11) is 0. The normalized spacial score (nSPS) is 16.2. The van der Waals surface area contributed by atoms with Crippen molar-refractivity contribution in [1.82, 2.24) is 14.9 Å². The predicted octanol–water partition coefficient (Wildman–Crippen LogP) is 3.15. The molecule has 3 nitrogen and oxygen atoms in total. The van der Waals surface area contributed by atoms with Crippen LogP contribution in [0.15, 0.2) is 36.7 Å². The third kappa shape index (κ3) is 2.80. The summed E-state index contributed by atoms with van der Waals surface area (Å²) in [4.78, 5) is 9.82. The Labute approximate surface area is 118 Å². The first-order chi connectivity index (χ1) is 9.72. The van der Waals surface area contributed by atoms with Crippen LogP contribution in [-0.4, -0.2) is 28.0 Å². The van der Waals surface area contributed by atoms with Crippen molar-refractivity contribution in [2.24, 2.45) is 0 Å². The van der Waals surface area contributed by atoms with Crippen LogP contribution < -0.4 is 0 Å². The van der Waals surface area contributed by atoms with E-state index in [4.69, 9.17) is 0 Å². The van der Waals surface area contributed by atoms with Crippen molar-refractivity contribution in [3.8, 4) is 0 Å². The Balaban J connectivity index is 1.66. The highest BCUT2D eigenvalue weighted by molar-refractivity contribution is 5.66. The van der Waals surface area contributed by atoms with Gasteiger partial charge >= 0.3 is 0 Å². The lowest BCUT2D eigenvalue weighted by atomic mass is 9.99. The topological polar surface area (TPSA) is 31.9 Å². The van der Waals surface area contributed by atoms with E-state index in [1.165, 1.54) is 17.7 Å². The molecule has 104 valence electrons. The molecule has 20 heavy (non-hydrogen) atoms. The van der Waals surface area contributed by atoms with Crippen molar-refractivity contribution in [2.45, 2.75) is 19.9 Å². The van der Waals surface area contributed by atoms with Gasteiger partial charge in [0.05, 0.1) is 12.0 Å². The maximum atomic E-state index is 12.9. The third-order valence-corrected chi connectivity index (χ3v) is 3.82. The molecule has 0 spiro atoms. The van der Waals surface area contributed by atoms with E-state index in [0.717, 1.165) is 43.0 Å². The highest BCUT2D eigenvalue weighted by atomic mass is 19.1. The van der Waals surface area contributed by atoms with Gasteiger partial charge in [-0.1, -0.05) is 18.2 Å². The van der Waals surface area contributed by atoms with Gasteiger partial charge in [0.2, 0.25) is 0 Å². The zero-order valence-electron chi connectivity index (χ0n) is 11.6. The average molecular weight is 271 g/mol. The van der Waals surface area contributed by atoms with Crippen molar-refractivity contribution in [1.29, 1.82) is 0 Å². The predicted molar refractivity (Wildman–Crippen MR) is 77.6 cm³/mol. The molecule has 0 aliphatic carbocycles. The number of hydrogen-bond donors (Lipinski definition) is 1. The first-order valence-electron chi connectivity index (χ1n) is 6.88. The van der Waals surface area contributed by atoms with Crippen LogP contribution in [0.3, 0.4) is 0 Å². The van der Waals surface area contributed by atoms with Crippen LogP contribution in [-0.2, 0) is 6.54 Å². The van der Waals surface area contributed by atoms with Gasteiger partial charge in [-0.3, -0.25) is 4.90 Å². The van der Waals surface area contributed by atoms with E-state index in [9.17, 15) is 4.39 Å². The lowest BCUT2D eigenvalue weighted by molar-refractivity contribution is 0.290. The standard InChI is InChI=1S/C16H18FN3/c1-12-16(19-11-18-12)10-20-8-6-14(7-9-20)13-2-4-15(17)5-3-13/h2-6,11H,7-10H2,1H3,(H,18,19). The van der Waals surface area contributed by atoms with Crippen molar-refractivity contribution >= 4 is 5.57 Å². The fraction of sp³-hybridized carbons (Fsp3) is 0.312. The molecule has 1 aliphatic rings. The Kier molecular flexibility index (Phi) is 3.65. The maximum absolute atomic E-state index is 12.9. The number of nitrogens with one attached hydrogen (secondary N) is 1. The van der Waals surface area contributed by atoms with E-state index < -0.39 is 0 Å². The number of aromatic nitrogens is 2. The Bertz CT molecular complexity index is 613. The summed E-state index contributed by atoms with van der Waals surface area (Å²) >= 11 is 0.